The Kier molecular flexibility index (Phi) is 3.17. The fraction of sp³-hybridized carbons (Fsp3) is 0.300. The maximum absolute atomic E-state index is 13.1. The summed E-state index contributed by atoms with van der Waals surface area (Å²) in [6, 6.07) is 3.64. The minimum absolute atomic E-state index is 0.0478. The van der Waals surface area contributed by atoms with E-state index in [2.05, 4.69) is 0 Å². The SMILES string of the molecule is CC(=O)N(C)Cc1c(F)cccc1F. The van der Waals surface area contributed by atoms with Gasteiger partial charge in [-0.05, 0) is 12.1 Å². The van der Waals surface area contributed by atoms with Gasteiger partial charge in [0.15, 0.2) is 0 Å². The lowest BCUT2D eigenvalue weighted by atomic mass is 10.2. The maximum atomic E-state index is 13.1. The highest BCUT2D eigenvalue weighted by atomic mass is 19.1. The molecule has 0 N–H and O–H groups in total. The van der Waals surface area contributed by atoms with Crippen LogP contribution < -0.4 is 0 Å². The predicted molar refractivity (Wildman–Crippen MR) is 48.5 cm³/mol. The first kappa shape index (κ1) is 10.6. The Labute approximate surface area is 81.1 Å². The molecule has 0 saturated carbocycles. The maximum Gasteiger partial charge on any atom is 0.219 e. The van der Waals surface area contributed by atoms with Gasteiger partial charge in [-0.3, -0.25) is 4.79 Å². The average molecular weight is 199 g/mol. The summed E-state index contributed by atoms with van der Waals surface area (Å²) in [6.45, 7) is 1.30. The van der Waals surface area contributed by atoms with Crippen molar-refractivity contribution in [3.8, 4) is 0 Å². The van der Waals surface area contributed by atoms with E-state index in [9.17, 15) is 13.6 Å². The van der Waals surface area contributed by atoms with Gasteiger partial charge < -0.3 is 4.90 Å². The van der Waals surface area contributed by atoms with Crippen molar-refractivity contribution in [3.63, 3.8) is 0 Å². The van der Waals surface area contributed by atoms with E-state index in [1.165, 1.54) is 37.1 Å². The van der Waals surface area contributed by atoms with E-state index < -0.39 is 11.6 Å². The zero-order valence-corrected chi connectivity index (χ0v) is 8.05. The largest absolute Gasteiger partial charge is 0.341 e. The summed E-state index contributed by atoms with van der Waals surface area (Å²) in [5.74, 6) is -1.48. The smallest absolute Gasteiger partial charge is 0.219 e. The van der Waals surface area contributed by atoms with E-state index in [4.69, 9.17) is 0 Å². The Bertz CT molecular complexity index is 332. The molecule has 1 aromatic carbocycles. The lowest BCUT2D eigenvalue weighted by Gasteiger charge is -2.15. The monoisotopic (exact) mass is 199 g/mol. The van der Waals surface area contributed by atoms with Crippen LogP contribution in [0.4, 0.5) is 8.78 Å². The Balaban J connectivity index is 2.91. The molecule has 0 aromatic heterocycles. The topological polar surface area (TPSA) is 20.3 Å². The number of amides is 1. The quantitative estimate of drug-likeness (QED) is 0.712. The van der Waals surface area contributed by atoms with E-state index in [0.29, 0.717) is 0 Å². The van der Waals surface area contributed by atoms with Crippen molar-refractivity contribution in [1.29, 1.82) is 0 Å². The molecule has 0 aliphatic heterocycles. The van der Waals surface area contributed by atoms with Gasteiger partial charge in [-0.25, -0.2) is 8.78 Å². The van der Waals surface area contributed by atoms with Crippen LogP contribution in [0.1, 0.15) is 12.5 Å². The van der Waals surface area contributed by atoms with Crippen LogP contribution >= 0.6 is 0 Å². The second-order valence-electron chi connectivity index (χ2n) is 3.08. The van der Waals surface area contributed by atoms with Crippen LogP contribution in [-0.4, -0.2) is 17.9 Å². The van der Waals surface area contributed by atoms with Crippen LogP contribution in [0, 0.1) is 11.6 Å². The third-order valence-corrected chi connectivity index (χ3v) is 1.99. The first-order chi connectivity index (χ1) is 6.52. The zero-order valence-electron chi connectivity index (χ0n) is 8.05. The Morgan fingerprint density at radius 3 is 2.29 bits per heavy atom. The first-order valence-corrected chi connectivity index (χ1v) is 4.17. The summed E-state index contributed by atoms with van der Waals surface area (Å²) in [6.07, 6.45) is 0. The molecule has 0 spiro atoms. The summed E-state index contributed by atoms with van der Waals surface area (Å²) in [4.78, 5) is 12.1. The van der Waals surface area contributed by atoms with Gasteiger partial charge >= 0.3 is 0 Å². The Morgan fingerprint density at radius 2 is 1.86 bits per heavy atom. The molecule has 76 valence electrons. The molecule has 1 aromatic rings. The zero-order chi connectivity index (χ0) is 10.7. The number of carbonyl (C=O) groups is 1. The first-order valence-electron chi connectivity index (χ1n) is 4.17. The van der Waals surface area contributed by atoms with Crippen molar-refractivity contribution >= 4 is 5.91 Å². The number of benzene rings is 1. The highest BCUT2D eigenvalue weighted by Crippen LogP contribution is 2.13. The number of hydrogen-bond acceptors (Lipinski definition) is 1. The molecule has 2 nitrogen and oxygen atoms in total. The summed E-state index contributed by atoms with van der Waals surface area (Å²) < 4.78 is 26.2. The Morgan fingerprint density at radius 1 is 1.36 bits per heavy atom. The van der Waals surface area contributed by atoms with Crippen molar-refractivity contribution < 1.29 is 13.6 Å². The predicted octanol–water partition coefficient (Wildman–Crippen LogP) is 1.94. The summed E-state index contributed by atoms with van der Waals surface area (Å²) in [5, 5.41) is 0. The van der Waals surface area contributed by atoms with Gasteiger partial charge in [0.2, 0.25) is 5.91 Å². The molecule has 4 heteroatoms. The molecule has 0 aliphatic carbocycles. The van der Waals surface area contributed by atoms with E-state index in [0.717, 1.165) is 0 Å². The van der Waals surface area contributed by atoms with Crippen molar-refractivity contribution in [2.45, 2.75) is 13.5 Å². The number of hydrogen-bond donors (Lipinski definition) is 0. The highest BCUT2D eigenvalue weighted by Gasteiger charge is 2.11. The van der Waals surface area contributed by atoms with Gasteiger partial charge in [0.1, 0.15) is 11.6 Å². The van der Waals surface area contributed by atoms with E-state index in [-0.39, 0.29) is 18.0 Å². The molecule has 0 heterocycles. The van der Waals surface area contributed by atoms with Crippen molar-refractivity contribution in [1.82, 2.24) is 4.90 Å². The van der Waals surface area contributed by atoms with Crippen LogP contribution in [0.25, 0.3) is 0 Å². The molecular weight excluding hydrogens is 188 g/mol. The van der Waals surface area contributed by atoms with Crippen molar-refractivity contribution in [2.75, 3.05) is 7.05 Å². The number of carbonyl (C=O) groups excluding carboxylic acids is 1. The molecule has 0 fully saturated rings. The van der Waals surface area contributed by atoms with E-state index in [1.54, 1.807) is 0 Å². The second kappa shape index (κ2) is 4.17. The van der Waals surface area contributed by atoms with Gasteiger partial charge in [0.05, 0.1) is 6.54 Å². The van der Waals surface area contributed by atoms with Gasteiger partial charge in [0.25, 0.3) is 0 Å². The third-order valence-electron chi connectivity index (χ3n) is 1.99. The molecular formula is C10H11F2NO. The van der Waals surface area contributed by atoms with E-state index >= 15 is 0 Å². The summed E-state index contributed by atoms with van der Waals surface area (Å²) in [5.41, 5.74) is -0.0785. The molecule has 0 unspecified atom stereocenters. The van der Waals surface area contributed by atoms with E-state index in [1.807, 2.05) is 0 Å². The number of halogens is 2. The van der Waals surface area contributed by atoms with Crippen LogP contribution in [0.2, 0.25) is 0 Å². The highest BCUT2D eigenvalue weighted by molar-refractivity contribution is 5.72. The van der Waals surface area contributed by atoms with Crippen LogP contribution in [-0.2, 0) is 11.3 Å². The van der Waals surface area contributed by atoms with Crippen LogP contribution in [0.3, 0.4) is 0 Å². The normalized spacial score (nSPS) is 10.0. The fourth-order valence-corrected chi connectivity index (χ4v) is 1.03. The number of nitrogens with zero attached hydrogens (tertiary/aromatic N) is 1. The average Bonchev–Trinajstić information content (AvgIpc) is 2.11. The van der Waals surface area contributed by atoms with Crippen LogP contribution in [0.15, 0.2) is 18.2 Å². The summed E-state index contributed by atoms with van der Waals surface area (Å²) >= 11 is 0. The van der Waals surface area contributed by atoms with Crippen LogP contribution in [0.5, 0.6) is 0 Å². The van der Waals surface area contributed by atoms with Gasteiger partial charge in [-0.15, -0.1) is 0 Å². The molecule has 14 heavy (non-hydrogen) atoms. The second-order valence-corrected chi connectivity index (χ2v) is 3.08. The number of rotatable bonds is 2. The molecule has 1 rings (SSSR count). The fourth-order valence-electron chi connectivity index (χ4n) is 1.03. The molecule has 0 aliphatic rings. The van der Waals surface area contributed by atoms with Gasteiger partial charge in [-0.2, -0.15) is 0 Å². The summed E-state index contributed by atoms with van der Waals surface area (Å²) in [7, 11) is 1.49. The minimum atomic E-state index is -0.627. The molecule has 0 atom stereocenters. The van der Waals surface area contributed by atoms with Gasteiger partial charge in [0, 0.05) is 19.5 Å². The van der Waals surface area contributed by atoms with Crippen molar-refractivity contribution in [2.24, 2.45) is 0 Å². The molecule has 0 bridgehead atoms. The van der Waals surface area contributed by atoms with Gasteiger partial charge in [-0.1, -0.05) is 6.07 Å². The molecule has 0 radical (unpaired) electrons. The minimum Gasteiger partial charge on any atom is -0.341 e. The Hall–Kier alpha value is -1.45. The lowest BCUT2D eigenvalue weighted by Crippen LogP contribution is -2.24. The third kappa shape index (κ3) is 2.28. The van der Waals surface area contributed by atoms with Crippen molar-refractivity contribution in [3.05, 3.63) is 35.4 Å². The molecule has 1 amide bonds. The lowest BCUT2D eigenvalue weighted by molar-refractivity contribution is -0.128. The molecule has 0 saturated heterocycles. The standard InChI is InChI=1S/C10H11F2NO/c1-7(14)13(2)6-8-9(11)4-3-5-10(8)12/h3-5H,6H2,1-2H3.